The quantitative estimate of drug-likeness (QED) is 0.550. The number of hydrogen-bond donors (Lipinski definition) is 0. The molecule has 0 bridgehead atoms. The van der Waals surface area contributed by atoms with Gasteiger partial charge in [-0.2, -0.15) is 0 Å². The highest BCUT2D eigenvalue weighted by molar-refractivity contribution is 9.10. The molecule has 0 radical (unpaired) electrons. The van der Waals surface area contributed by atoms with E-state index < -0.39 is 0 Å². The molecule has 0 saturated carbocycles. The molecule has 1 atom stereocenters. The lowest BCUT2D eigenvalue weighted by Gasteiger charge is -2.42. The lowest BCUT2D eigenvalue weighted by atomic mass is 9.75. The zero-order chi connectivity index (χ0) is 15.3. The average molecular weight is 399 g/mol. The van der Waals surface area contributed by atoms with E-state index in [0.29, 0.717) is 16.8 Å². The molecular formula is C17H14BrCl2NO. The fraction of sp³-hybridized carbons (Fsp3) is 0.353. The Bertz CT molecular complexity index is 765. The molecule has 0 saturated heterocycles. The highest BCUT2D eigenvalue weighted by Gasteiger charge is 2.42. The number of rotatable bonds is 0. The van der Waals surface area contributed by atoms with Crippen molar-refractivity contribution in [1.82, 2.24) is 4.98 Å². The number of halogens is 3. The number of fused-ring (bicyclic) bond motifs is 3. The molecule has 114 valence electrons. The van der Waals surface area contributed by atoms with Gasteiger partial charge in [0.1, 0.15) is 5.15 Å². The van der Waals surface area contributed by atoms with Gasteiger partial charge in [0.05, 0.1) is 22.9 Å². The van der Waals surface area contributed by atoms with Crippen LogP contribution in [0.15, 0.2) is 28.7 Å². The number of aromatic nitrogens is 1. The molecule has 0 amide bonds. The predicted molar refractivity (Wildman–Crippen MR) is 91.5 cm³/mol. The summed E-state index contributed by atoms with van der Waals surface area (Å²) in [4.78, 5) is 4.51. The van der Waals surface area contributed by atoms with E-state index >= 15 is 0 Å². The van der Waals surface area contributed by atoms with Crippen molar-refractivity contribution >= 4 is 39.1 Å². The minimum Gasteiger partial charge on any atom is -0.365 e. The minimum absolute atomic E-state index is 0.300. The Morgan fingerprint density at radius 3 is 2.95 bits per heavy atom. The summed E-state index contributed by atoms with van der Waals surface area (Å²) in [6.45, 7) is 0.490. The van der Waals surface area contributed by atoms with Gasteiger partial charge in [0, 0.05) is 16.5 Å². The normalized spacial score (nSPS) is 23.2. The van der Waals surface area contributed by atoms with Crippen LogP contribution in [0.4, 0.5) is 0 Å². The maximum absolute atomic E-state index is 6.35. The molecule has 0 unspecified atom stereocenters. The Balaban J connectivity index is 1.83. The summed E-state index contributed by atoms with van der Waals surface area (Å²) < 4.78 is 7.43. The Morgan fingerprint density at radius 1 is 1.23 bits per heavy atom. The van der Waals surface area contributed by atoms with E-state index in [1.807, 2.05) is 0 Å². The summed E-state index contributed by atoms with van der Waals surface area (Å²) >= 11 is 16.0. The van der Waals surface area contributed by atoms with Crippen molar-refractivity contribution in [2.24, 2.45) is 0 Å². The second-order valence-electron chi connectivity index (χ2n) is 5.97. The van der Waals surface area contributed by atoms with Gasteiger partial charge >= 0.3 is 0 Å². The fourth-order valence-electron chi connectivity index (χ4n) is 3.61. The number of benzene rings is 1. The first-order valence-electron chi connectivity index (χ1n) is 7.34. The molecule has 4 rings (SSSR count). The monoisotopic (exact) mass is 397 g/mol. The maximum atomic E-state index is 6.35. The van der Waals surface area contributed by atoms with Crippen LogP contribution in [0.3, 0.4) is 0 Å². The van der Waals surface area contributed by atoms with Gasteiger partial charge in [-0.05, 0) is 48.6 Å². The van der Waals surface area contributed by atoms with Crippen LogP contribution in [0, 0.1) is 0 Å². The third kappa shape index (κ3) is 2.39. The summed E-state index contributed by atoms with van der Waals surface area (Å²) in [5.41, 5.74) is 4.28. The van der Waals surface area contributed by atoms with Gasteiger partial charge < -0.3 is 4.74 Å². The molecule has 2 heterocycles. The van der Waals surface area contributed by atoms with Crippen molar-refractivity contribution in [3.8, 4) is 0 Å². The van der Waals surface area contributed by atoms with Crippen LogP contribution in [-0.2, 0) is 29.8 Å². The molecule has 0 fully saturated rings. The summed E-state index contributed by atoms with van der Waals surface area (Å²) in [6.07, 6.45) is 3.95. The van der Waals surface area contributed by atoms with Crippen LogP contribution >= 0.6 is 39.1 Å². The first-order chi connectivity index (χ1) is 10.6. The van der Waals surface area contributed by atoms with E-state index in [0.717, 1.165) is 41.4 Å². The summed E-state index contributed by atoms with van der Waals surface area (Å²) in [6, 6.07) is 8.17. The van der Waals surface area contributed by atoms with Gasteiger partial charge in [-0.3, -0.25) is 0 Å². The molecule has 1 spiro atoms. The van der Waals surface area contributed by atoms with Crippen molar-refractivity contribution < 1.29 is 4.74 Å². The summed E-state index contributed by atoms with van der Waals surface area (Å²) in [5.74, 6) is 0. The molecule has 0 N–H and O–H groups in total. The van der Waals surface area contributed by atoms with Crippen molar-refractivity contribution in [2.45, 2.75) is 37.9 Å². The highest BCUT2D eigenvalue weighted by Crippen LogP contribution is 2.46. The molecule has 2 aliphatic rings. The maximum Gasteiger partial charge on any atom is 0.130 e. The van der Waals surface area contributed by atoms with Gasteiger partial charge in [-0.25, -0.2) is 4.98 Å². The van der Waals surface area contributed by atoms with Gasteiger partial charge in [0.25, 0.3) is 0 Å². The van der Waals surface area contributed by atoms with Crippen LogP contribution < -0.4 is 0 Å². The van der Waals surface area contributed by atoms with Gasteiger partial charge in [0.15, 0.2) is 0 Å². The zero-order valence-corrected chi connectivity index (χ0v) is 14.9. The number of nitrogens with zero attached hydrogens (tertiary/aromatic N) is 1. The van der Waals surface area contributed by atoms with E-state index in [4.69, 9.17) is 27.9 Å². The van der Waals surface area contributed by atoms with Crippen LogP contribution in [0.1, 0.15) is 35.2 Å². The van der Waals surface area contributed by atoms with E-state index in [9.17, 15) is 0 Å². The van der Waals surface area contributed by atoms with E-state index in [-0.39, 0.29) is 5.60 Å². The Morgan fingerprint density at radius 2 is 2.09 bits per heavy atom. The molecular weight excluding hydrogens is 385 g/mol. The lowest BCUT2D eigenvalue weighted by Crippen LogP contribution is -2.39. The van der Waals surface area contributed by atoms with Crippen LogP contribution in [0.5, 0.6) is 0 Å². The predicted octanol–water partition coefficient (Wildman–Crippen LogP) is 5.46. The highest BCUT2D eigenvalue weighted by atomic mass is 79.9. The average Bonchev–Trinajstić information content (AvgIpc) is 2.48. The smallest absolute Gasteiger partial charge is 0.130 e. The molecule has 1 aliphatic heterocycles. The number of pyridine rings is 1. The van der Waals surface area contributed by atoms with Crippen molar-refractivity contribution in [3.05, 3.63) is 61.3 Å². The van der Waals surface area contributed by atoms with Crippen molar-refractivity contribution in [2.75, 3.05) is 0 Å². The third-order valence-electron chi connectivity index (χ3n) is 4.66. The van der Waals surface area contributed by atoms with Gasteiger partial charge in [-0.1, -0.05) is 45.2 Å². The molecule has 5 heteroatoms. The van der Waals surface area contributed by atoms with Crippen molar-refractivity contribution in [1.29, 1.82) is 0 Å². The number of ether oxygens (including phenoxy) is 1. The minimum atomic E-state index is -0.300. The van der Waals surface area contributed by atoms with Crippen molar-refractivity contribution in [3.63, 3.8) is 0 Å². The molecule has 22 heavy (non-hydrogen) atoms. The Hall–Kier alpha value is -0.610. The molecule has 1 aliphatic carbocycles. The Kier molecular flexibility index (Phi) is 3.73. The second-order valence-corrected chi connectivity index (χ2v) is 7.68. The number of hydrogen-bond acceptors (Lipinski definition) is 2. The van der Waals surface area contributed by atoms with Crippen LogP contribution in [0.2, 0.25) is 10.2 Å². The number of aryl methyl sites for hydroxylation is 1. The zero-order valence-electron chi connectivity index (χ0n) is 11.8. The van der Waals surface area contributed by atoms with E-state index in [1.165, 1.54) is 11.1 Å². The van der Waals surface area contributed by atoms with Gasteiger partial charge in [-0.15, -0.1) is 0 Å². The van der Waals surface area contributed by atoms with Gasteiger partial charge in [0.2, 0.25) is 0 Å². The summed E-state index contributed by atoms with van der Waals surface area (Å²) in [5, 5.41) is 1.10. The van der Waals surface area contributed by atoms with Crippen LogP contribution in [-0.4, -0.2) is 4.98 Å². The topological polar surface area (TPSA) is 22.1 Å². The first kappa shape index (κ1) is 14.9. The molecule has 2 aromatic rings. The first-order valence-corrected chi connectivity index (χ1v) is 8.89. The molecule has 1 aromatic carbocycles. The van der Waals surface area contributed by atoms with E-state index in [1.54, 1.807) is 6.07 Å². The van der Waals surface area contributed by atoms with E-state index in [2.05, 4.69) is 39.1 Å². The van der Waals surface area contributed by atoms with Crippen LogP contribution in [0.25, 0.3) is 0 Å². The molecule has 2 nitrogen and oxygen atoms in total. The fourth-order valence-corrected chi connectivity index (χ4v) is 4.51. The summed E-state index contributed by atoms with van der Waals surface area (Å²) in [7, 11) is 0. The second kappa shape index (κ2) is 5.48. The largest absolute Gasteiger partial charge is 0.365 e. The Labute approximate surface area is 147 Å². The lowest BCUT2D eigenvalue weighted by molar-refractivity contribution is -0.0854. The SMILES string of the molecule is Clc1cc(Cl)c2c(n1)C[C@]1(CCCc3ccc(Br)cc31)OC2. The molecule has 1 aromatic heterocycles. The standard InChI is InChI=1S/C17H14BrCl2NO/c18-11-4-3-10-2-1-5-17(13(10)6-11)8-15-12(9-22-17)14(19)7-16(20)21-15/h3-4,6-7H,1-2,5,8-9H2/t17-/m0/s1. The third-order valence-corrected chi connectivity index (χ3v) is 5.68.